The molecule has 0 aromatic rings. The van der Waals surface area contributed by atoms with E-state index in [4.69, 9.17) is 0 Å². The van der Waals surface area contributed by atoms with E-state index in [9.17, 15) is 9.59 Å². The van der Waals surface area contributed by atoms with Crippen molar-refractivity contribution in [3.8, 4) is 0 Å². The van der Waals surface area contributed by atoms with E-state index in [-0.39, 0.29) is 17.5 Å². The Morgan fingerprint density at radius 1 is 0.929 bits per heavy atom. The predicted molar refractivity (Wildman–Crippen MR) is 58.2 cm³/mol. The molecular formula is C12H22O2. The van der Waals surface area contributed by atoms with Gasteiger partial charge in [-0.3, -0.25) is 9.59 Å². The van der Waals surface area contributed by atoms with E-state index in [0.717, 1.165) is 0 Å². The minimum atomic E-state index is 0.216. The van der Waals surface area contributed by atoms with Crippen LogP contribution in [0.2, 0.25) is 0 Å². The molecule has 0 aromatic carbocycles. The summed E-state index contributed by atoms with van der Waals surface area (Å²) in [4.78, 5) is 22.5. The van der Waals surface area contributed by atoms with Crippen molar-refractivity contribution >= 4 is 11.6 Å². The number of rotatable bonds is 7. The van der Waals surface area contributed by atoms with Crippen LogP contribution in [0.1, 0.15) is 53.4 Å². The fourth-order valence-electron chi connectivity index (χ4n) is 1.53. The van der Waals surface area contributed by atoms with E-state index >= 15 is 0 Å². The average Bonchev–Trinajstić information content (AvgIpc) is 2.01. The van der Waals surface area contributed by atoms with Crippen LogP contribution in [0.15, 0.2) is 0 Å². The molecular weight excluding hydrogens is 176 g/mol. The molecule has 0 amide bonds. The van der Waals surface area contributed by atoms with Crippen LogP contribution in [0.25, 0.3) is 0 Å². The minimum absolute atomic E-state index is 0.216. The quantitative estimate of drug-likeness (QED) is 0.630. The van der Waals surface area contributed by atoms with Crippen molar-refractivity contribution in [3.05, 3.63) is 0 Å². The Morgan fingerprint density at radius 3 is 1.86 bits per heavy atom. The Morgan fingerprint density at radius 2 is 1.43 bits per heavy atom. The third-order valence-corrected chi connectivity index (χ3v) is 2.18. The van der Waals surface area contributed by atoms with Crippen LogP contribution in [0, 0.1) is 11.8 Å². The molecule has 0 aromatic heterocycles. The Bertz CT molecular complexity index is 194. The second-order valence-corrected chi connectivity index (χ2v) is 4.54. The normalized spacial score (nSPS) is 12.9. The average molecular weight is 198 g/mol. The van der Waals surface area contributed by atoms with Gasteiger partial charge in [0.1, 0.15) is 11.6 Å². The van der Waals surface area contributed by atoms with Gasteiger partial charge in [0.25, 0.3) is 0 Å². The van der Waals surface area contributed by atoms with Gasteiger partial charge in [0.05, 0.1) is 0 Å². The smallest absolute Gasteiger partial charge is 0.133 e. The van der Waals surface area contributed by atoms with Crippen molar-refractivity contribution in [2.24, 2.45) is 11.8 Å². The molecule has 0 saturated carbocycles. The van der Waals surface area contributed by atoms with Gasteiger partial charge >= 0.3 is 0 Å². The topological polar surface area (TPSA) is 34.1 Å². The van der Waals surface area contributed by atoms with Crippen molar-refractivity contribution in [1.82, 2.24) is 0 Å². The first-order valence-electron chi connectivity index (χ1n) is 5.49. The molecule has 0 rings (SSSR count). The van der Waals surface area contributed by atoms with Gasteiger partial charge in [0, 0.05) is 25.7 Å². The van der Waals surface area contributed by atoms with E-state index in [1.807, 2.05) is 27.7 Å². The summed E-state index contributed by atoms with van der Waals surface area (Å²) in [6, 6.07) is 0. The predicted octanol–water partition coefficient (Wildman–Crippen LogP) is 3.00. The molecule has 2 heteroatoms. The zero-order chi connectivity index (χ0) is 11.1. The Hall–Kier alpha value is -0.660. The van der Waals surface area contributed by atoms with E-state index in [1.54, 1.807) is 0 Å². The summed E-state index contributed by atoms with van der Waals surface area (Å²) in [6.45, 7) is 7.93. The highest BCUT2D eigenvalue weighted by molar-refractivity contribution is 5.81. The SMILES string of the molecule is CCC(=O)CC(C)CC(=O)CC(C)C. The van der Waals surface area contributed by atoms with Gasteiger partial charge in [-0.1, -0.05) is 27.7 Å². The Kier molecular flexibility index (Phi) is 6.43. The molecule has 0 spiro atoms. The summed E-state index contributed by atoms with van der Waals surface area (Å²) in [7, 11) is 0. The van der Waals surface area contributed by atoms with Crippen LogP contribution >= 0.6 is 0 Å². The van der Waals surface area contributed by atoms with Gasteiger partial charge in [0.15, 0.2) is 0 Å². The molecule has 2 nitrogen and oxygen atoms in total. The van der Waals surface area contributed by atoms with Gasteiger partial charge in [-0.2, -0.15) is 0 Å². The maximum Gasteiger partial charge on any atom is 0.133 e. The zero-order valence-electron chi connectivity index (χ0n) is 9.80. The summed E-state index contributed by atoms with van der Waals surface area (Å²) in [5.74, 6) is 1.19. The van der Waals surface area contributed by atoms with E-state index < -0.39 is 0 Å². The van der Waals surface area contributed by atoms with Crippen LogP contribution in [-0.2, 0) is 9.59 Å². The molecule has 0 N–H and O–H groups in total. The Balaban J connectivity index is 3.76. The highest BCUT2D eigenvalue weighted by atomic mass is 16.1. The molecule has 82 valence electrons. The lowest BCUT2D eigenvalue weighted by molar-refractivity contribution is -0.121. The molecule has 0 radical (unpaired) electrons. The summed E-state index contributed by atoms with van der Waals surface area (Å²) in [5, 5.41) is 0. The summed E-state index contributed by atoms with van der Waals surface area (Å²) < 4.78 is 0. The Labute approximate surface area is 87.1 Å². The number of hydrogen-bond donors (Lipinski definition) is 0. The van der Waals surface area contributed by atoms with E-state index in [2.05, 4.69) is 0 Å². The zero-order valence-corrected chi connectivity index (χ0v) is 9.80. The molecule has 0 bridgehead atoms. The molecule has 1 atom stereocenters. The largest absolute Gasteiger partial charge is 0.300 e. The second-order valence-electron chi connectivity index (χ2n) is 4.54. The maximum atomic E-state index is 11.4. The van der Waals surface area contributed by atoms with Crippen LogP contribution in [0.5, 0.6) is 0 Å². The van der Waals surface area contributed by atoms with Gasteiger partial charge in [0.2, 0.25) is 0 Å². The molecule has 0 heterocycles. The van der Waals surface area contributed by atoms with Crippen molar-refractivity contribution in [1.29, 1.82) is 0 Å². The van der Waals surface area contributed by atoms with Crippen molar-refractivity contribution in [3.63, 3.8) is 0 Å². The fraction of sp³-hybridized carbons (Fsp3) is 0.833. The lowest BCUT2D eigenvalue weighted by atomic mass is 9.94. The first kappa shape index (κ1) is 13.3. The van der Waals surface area contributed by atoms with Crippen LogP contribution in [0.3, 0.4) is 0 Å². The summed E-state index contributed by atoms with van der Waals surface area (Å²) in [5.41, 5.74) is 0. The number of ketones is 2. The molecule has 0 fully saturated rings. The highest BCUT2D eigenvalue weighted by Crippen LogP contribution is 2.13. The number of carbonyl (C=O) groups is 2. The minimum Gasteiger partial charge on any atom is -0.300 e. The van der Waals surface area contributed by atoms with Crippen molar-refractivity contribution in [2.45, 2.75) is 53.4 Å². The second kappa shape index (κ2) is 6.74. The standard InChI is InChI=1S/C12H22O2/c1-5-11(13)7-10(4)8-12(14)6-9(2)3/h9-10H,5-8H2,1-4H3. The highest BCUT2D eigenvalue weighted by Gasteiger charge is 2.13. The third kappa shape index (κ3) is 6.81. The van der Waals surface area contributed by atoms with Crippen molar-refractivity contribution < 1.29 is 9.59 Å². The van der Waals surface area contributed by atoms with Gasteiger partial charge < -0.3 is 0 Å². The van der Waals surface area contributed by atoms with Gasteiger partial charge in [-0.25, -0.2) is 0 Å². The summed E-state index contributed by atoms with van der Waals surface area (Å²) in [6.07, 6.45) is 2.34. The number of Topliss-reactive ketones (excluding diaryl/α,β-unsaturated/α-hetero) is 2. The molecule has 1 unspecified atom stereocenters. The lowest BCUT2D eigenvalue weighted by Crippen LogP contribution is -2.11. The molecule has 0 aliphatic heterocycles. The van der Waals surface area contributed by atoms with Crippen LogP contribution < -0.4 is 0 Å². The van der Waals surface area contributed by atoms with E-state index in [1.165, 1.54) is 0 Å². The molecule has 0 aliphatic carbocycles. The van der Waals surface area contributed by atoms with Crippen LogP contribution in [-0.4, -0.2) is 11.6 Å². The monoisotopic (exact) mass is 198 g/mol. The number of carbonyl (C=O) groups excluding carboxylic acids is 2. The van der Waals surface area contributed by atoms with Gasteiger partial charge in [-0.15, -0.1) is 0 Å². The van der Waals surface area contributed by atoms with Crippen molar-refractivity contribution in [2.75, 3.05) is 0 Å². The van der Waals surface area contributed by atoms with E-state index in [0.29, 0.717) is 31.6 Å². The number of hydrogen-bond acceptors (Lipinski definition) is 2. The summed E-state index contributed by atoms with van der Waals surface area (Å²) >= 11 is 0. The lowest BCUT2D eigenvalue weighted by Gasteiger charge is -2.10. The molecule has 14 heavy (non-hydrogen) atoms. The molecule has 0 aliphatic rings. The maximum absolute atomic E-state index is 11.4. The third-order valence-electron chi connectivity index (χ3n) is 2.18. The first-order chi connectivity index (χ1) is 6.45. The first-order valence-corrected chi connectivity index (χ1v) is 5.49. The van der Waals surface area contributed by atoms with Crippen LogP contribution in [0.4, 0.5) is 0 Å². The molecule has 0 saturated heterocycles. The fourth-order valence-corrected chi connectivity index (χ4v) is 1.53. The van der Waals surface area contributed by atoms with Gasteiger partial charge in [-0.05, 0) is 11.8 Å².